The molecule has 0 heterocycles. The molecule has 0 rings (SSSR count). The molecule has 0 atom stereocenters. The van der Waals surface area contributed by atoms with Crippen LogP contribution in [-0.4, -0.2) is 6.54 Å². The summed E-state index contributed by atoms with van der Waals surface area (Å²) in [4.78, 5) is 0. The van der Waals surface area contributed by atoms with Gasteiger partial charge >= 0.3 is 51.4 Å². The summed E-state index contributed by atoms with van der Waals surface area (Å²) in [5.74, 6) is 0. The van der Waals surface area contributed by atoms with Crippen molar-refractivity contribution in [3.05, 3.63) is 0 Å². The van der Waals surface area contributed by atoms with Crippen molar-refractivity contribution in [1.82, 2.24) is 0 Å². The molecule has 0 aliphatic rings. The molecule has 0 saturated carbocycles. The molecule has 4 heavy (non-hydrogen) atoms. The first-order valence-electron chi connectivity index (χ1n) is 1.12. The summed E-state index contributed by atoms with van der Waals surface area (Å²) in [6.45, 7) is 2.65. The molecule has 0 bridgehead atoms. The maximum Gasteiger partial charge on any atom is 1.00 e. The second kappa shape index (κ2) is 8.82. The Morgan fingerprint density at radius 2 is 1.75 bits per heavy atom. The minimum Gasteiger partial charge on any atom is -0.331 e. The van der Waals surface area contributed by atoms with Crippen LogP contribution in [0.5, 0.6) is 0 Å². The Bertz CT molecular complexity index is 6.00. The maximum atomic E-state index is 4.85. The SMILES string of the molecule is CCN.[K+]. The van der Waals surface area contributed by atoms with Gasteiger partial charge in [-0.3, -0.25) is 0 Å². The fraction of sp³-hybridized carbons (Fsp3) is 1.00. The molecule has 2 N–H and O–H groups in total. The largest absolute Gasteiger partial charge is 1.00 e. The molecule has 20 valence electrons. The van der Waals surface area contributed by atoms with E-state index in [0.717, 1.165) is 6.54 Å². The predicted molar refractivity (Wildman–Crippen MR) is 14.7 cm³/mol. The maximum absolute atomic E-state index is 4.85. The molecule has 0 aromatic carbocycles. The van der Waals surface area contributed by atoms with E-state index in [9.17, 15) is 0 Å². The fourth-order valence-electron chi connectivity index (χ4n) is 0. The number of hydrogen-bond donors (Lipinski definition) is 1. The van der Waals surface area contributed by atoms with Crippen molar-refractivity contribution in [1.29, 1.82) is 0 Å². The average molecular weight is 84.2 g/mol. The van der Waals surface area contributed by atoms with Gasteiger partial charge in [0.2, 0.25) is 0 Å². The van der Waals surface area contributed by atoms with E-state index in [0.29, 0.717) is 0 Å². The summed E-state index contributed by atoms with van der Waals surface area (Å²) in [5.41, 5.74) is 4.85. The number of hydrogen-bond acceptors (Lipinski definition) is 1. The van der Waals surface area contributed by atoms with Crippen molar-refractivity contribution < 1.29 is 51.4 Å². The molecule has 0 aliphatic heterocycles. The van der Waals surface area contributed by atoms with Crippen molar-refractivity contribution in [3.63, 3.8) is 0 Å². The summed E-state index contributed by atoms with van der Waals surface area (Å²) in [6, 6.07) is 0. The van der Waals surface area contributed by atoms with Crippen LogP contribution >= 0.6 is 0 Å². The van der Waals surface area contributed by atoms with Crippen LogP contribution in [0.3, 0.4) is 0 Å². The van der Waals surface area contributed by atoms with E-state index in [1.165, 1.54) is 0 Å². The molecular weight excluding hydrogens is 77.1 g/mol. The topological polar surface area (TPSA) is 26.0 Å². The predicted octanol–water partition coefficient (Wildman–Crippen LogP) is -3.03. The fourth-order valence-corrected chi connectivity index (χ4v) is 0. The van der Waals surface area contributed by atoms with Crippen LogP contribution in [0.25, 0.3) is 0 Å². The zero-order valence-electron chi connectivity index (χ0n) is 3.28. The van der Waals surface area contributed by atoms with E-state index in [4.69, 9.17) is 5.73 Å². The van der Waals surface area contributed by atoms with Gasteiger partial charge in [-0.25, -0.2) is 0 Å². The van der Waals surface area contributed by atoms with Gasteiger partial charge < -0.3 is 5.73 Å². The molecule has 0 radical (unpaired) electrons. The molecule has 0 aromatic rings. The van der Waals surface area contributed by atoms with Crippen molar-refractivity contribution in [2.45, 2.75) is 6.92 Å². The van der Waals surface area contributed by atoms with Crippen molar-refractivity contribution >= 4 is 0 Å². The normalized spacial score (nSPS) is 4.50. The first kappa shape index (κ1) is 9.14. The quantitative estimate of drug-likeness (QED) is 0.310. The molecule has 0 unspecified atom stereocenters. The van der Waals surface area contributed by atoms with Crippen LogP contribution in [0.2, 0.25) is 0 Å². The third kappa shape index (κ3) is 9.51. The van der Waals surface area contributed by atoms with Gasteiger partial charge in [0, 0.05) is 0 Å². The zero-order valence-corrected chi connectivity index (χ0v) is 6.41. The molecule has 2 heteroatoms. The zero-order chi connectivity index (χ0) is 2.71. The summed E-state index contributed by atoms with van der Waals surface area (Å²) < 4.78 is 0. The Kier molecular flexibility index (Phi) is 20.2. The Labute approximate surface area is 69.4 Å². The monoisotopic (exact) mass is 84.0 g/mol. The van der Waals surface area contributed by atoms with Crippen LogP contribution in [-0.2, 0) is 0 Å². The van der Waals surface area contributed by atoms with Gasteiger partial charge in [-0.1, -0.05) is 6.92 Å². The van der Waals surface area contributed by atoms with Gasteiger partial charge in [-0.05, 0) is 6.54 Å². The molecule has 0 spiro atoms. The first-order valence-corrected chi connectivity index (χ1v) is 1.12. The van der Waals surface area contributed by atoms with Gasteiger partial charge in [0.15, 0.2) is 0 Å². The standard InChI is InChI=1S/C2H7N.K/c1-2-3;/h2-3H2,1H3;/q;+1. The van der Waals surface area contributed by atoms with E-state index in [1.54, 1.807) is 0 Å². The summed E-state index contributed by atoms with van der Waals surface area (Å²) in [7, 11) is 0. The Balaban J connectivity index is 0. The van der Waals surface area contributed by atoms with Gasteiger partial charge in [0.1, 0.15) is 0 Å². The van der Waals surface area contributed by atoms with Crippen molar-refractivity contribution in [2.75, 3.05) is 6.54 Å². The third-order valence-electron chi connectivity index (χ3n) is 0. The summed E-state index contributed by atoms with van der Waals surface area (Å²) >= 11 is 0. The molecule has 0 saturated heterocycles. The van der Waals surface area contributed by atoms with E-state index < -0.39 is 0 Å². The smallest absolute Gasteiger partial charge is 0.331 e. The second-order valence-electron chi connectivity index (χ2n) is 0.408. The van der Waals surface area contributed by atoms with Gasteiger partial charge in [0.25, 0.3) is 0 Å². The number of nitrogens with two attached hydrogens (primary N) is 1. The van der Waals surface area contributed by atoms with Gasteiger partial charge in [0.05, 0.1) is 0 Å². The first-order chi connectivity index (χ1) is 1.41. The van der Waals surface area contributed by atoms with Crippen LogP contribution < -0.4 is 57.1 Å². The third-order valence-corrected chi connectivity index (χ3v) is 0. The van der Waals surface area contributed by atoms with E-state index in [1.807, 2.05) is 6.92 Å². The van der Waals surface area contributed by atoms with Crippen molar-refractivity contribution in [2.24, 2.45) is 5.73 Å². The van der Waals surface area contributed by atoms with Crippen LogP contribution in [0.1, 0.15) is 6.92 Å². The minimum atomic E-state index is 0. The van der Waals surface area contributed by atoms with E-state index in [2.05, 4.69) is 0 Å². The number of rotatable bonds is 0. The van der Waals surface area contributed by atoms with Crippen LogP contribution in [0.4, 0.5) is 0 Å². The Hall–Kier alpha value is 1.60. The Morgan fingerprint density at radius 1 is 1.75 bits per heavy atom. The summed E-state index contributed by atoms with van der Waals surface area (Å²) in [5, 5.41) is 0. The minimum absolute atomic E-state index is 0. The molecule has 0 aliphatic carbocycles. The molecule has 0 aromatic heterocycles. The molecule has 0 amide bonds. The van der Waals surface area contributed by atoms with Crippen LogP contribution in [0, 0.1) is 0 Å². The molecule has 1 nitrogen and oxygen atoms in total. The van der Waals surface area contributed by atoms with Crippen molar-refractivity contribution in [3.8, 4) is 0 Å². The average Bonchev–Trinajstić information content (AvgIpc) is 0.918. The second-order valence-corrected chi connectivity index (χ2v) is 0.408. The van der Waals surface area contributed by atoms with E-state index in [-0.39, 0.29) is 51.4 Å². The van der Waals surface area contributed by atoms with E-state index >= 15 is 0 Å². The molecule has 0 fully saturated rings. The molecular formula is C2H7KN+. The van der Waals surface area contributed by atoms with Gasteiger partial charge in [-0.15, -0.1) is 0 Å². The van der Waals surface area contributed by atoms with Gasteiger partial charge in [-0.2, -0.15) is 0 Å². The van der Waals surface area contributed by atoms with Crippen LogP contribution in [0.15, 0.2) is 0 Å². The Morgan fingerprint density at radius 3 is 1.75 bits per heavy atom. The summed E-state index contributed by atoms with van der Waals surface area (Å²) in [6.07, 6.45) is 0.